The molecule has 1 aromatic heterocycles. The SMILES string of the molecule is O=C(CN(Cc1ccc(F)cc1F)C1CC1)NC(c1ccccc1)c1nccs1. The third-order valence-electron chi connectivity index (χ3n) is 4.94. The van der Waals surface area contributed by atoms with Gasteiger partial charge in [-0.25, -0.2) is 13.8 Å². The van der Waals surface area contributed by atoms with Gasteiger partial charge in [-0.3, -0.25) is 9.69 Å². The summed E-state index contributed by atoms with van der Waals surface area (Å²) in [6.07, 6.45) is 3.67. The van der Waals surface area contributed by atoms with Crippen LogP contribution in [0.15, 0.2) is 60.1 Å². The zero-order valence-electron chi connectivity index (χ0n) is 15.7. The van der Waals surface area contributed by atoms with Crippen molar-refractivity contribution >= 4 is 17.2 Å². The Morgan fingerprint density at radius 3 is 2.66 bits per heavy atom. The van der Waals surface area contributed by atoms with Crippen molar-refractivity contribution < 1.29 is 13.6 Å². The standard InChI is InChI=1S/C22H21F2N3OS/c23-17-7-6-16(19(24)12-17)13-27(18-8-9-18)14-20(28)26-21(22-25-10-11-29-22)15-4-2-1-3-5-15/h1-7,10-12,18,21H,8-9,13-14H2,(H,26,28). The van der Waals surface area contributed by atoms with Crippen LogP contribution in [0, 0.1) is 11.6 Å². The smallest absolute Gasteiger partial charge is 0.235 e. The van der Waals surface area contributed by atoms with Gasteiger partial charge in [-0.2, -0.15) is 0 Å². The van der Waals surface area contributed by atoms with Gasteiger partial charge in [0.1, 0.15) is 22.7 Å². The van der Waals surface area contributed by atoms with Gasteiger partial charge in [-0.1, -0.05) is 36.4 Å². The van der Waals surface area contributed by atoms with E-state index in [0.717, 1.165) is 29.5 Å². The van der Waals surface area contributed by atoms with Crippen molar-refractivity contribution in [3.8, 4) is 0 Å². The number of nitrogens with zero attached hydrogens (tertiary/aromatic N) is 2. The first kappa shape index (κ1) is 19.7. The first-order valence-electron chi connectivity index (χ1n) is 9.52. The van der Waals surface area contributed by atoms with Gasteiger partial charge in [0.05, 0.1) is 6.54 Å². The molecule has 0 bridgehead atoms. The van der Waals surface area contributed by atoms with Crippen LogP contribution in [0.1, 0.15) is 35.0 Å². The number of hydrogen-bond acceptors (Lipinski definition) is 4. The number of thiazole rings is 1. The summed E-state index contributed by atoms with van der Waals surface area (Å²) in [6, 6.07) is 13.2. The van der Waals surface area contributed by atoms with Gasteiger partial charge in [0, 0.05) is 35.8 Å². The number of nitrogens with one attached hydrogen (secondary N) is 1. The van der Waals surface area contributed by atoms with Crippen molar-refractivity contribution in [2.24, 2.45) is 0 Å². The molecule has 1 aliphatic carbocycles. The number of rotatable bonds is 8. The zero-order chi connectivity index (χ0) is 20.2. The van der Waals surface area contributed by atoms with E-state index in [-0.39, 0.29) is 31.1 Å². The average molecular weight is 413 g/mol. The molecule has 1 amide bonds. The topological polar surface area (TPSA) is 45.2 Å². The molecule has 2 aromatic carbocycles. The first-order valence-corrected chi connectivity index (χ1v) is 10.4. The van der Waals surface area contributed by atoms with Crippen LogP contribution >= 0.6 is 11.3 Å². The van der Waals surface area contributed by atoms with Crippen molar-refractivity contribution in [3.63, 3.8) is 0 Å². The van der Waals surface area contributed by atoms with E-state index in [1.807, 2.05) is 40.6 Å². The maximum atomic E-state index is 14.1. The highest BCUT2D eigenvalue weighted by Crippen LogP contribution is 2.29. The Labute approximate surface area is 172 Å². The molecule has 0 radical (unpaired) electrons. The van der Waals surface area contributed by atoms with E-state index in [0.29, 0.717) is 5.56 Å². The lowest BCUT2D eigenvalue weighted by Gasteiger charge is -2.24. The minimum absolute atomic E-state index is 0.149. The second-order valence-electron chi connectivity index (χ2n) is 7.15. The molecule has 1 atom stereocenters. The van der Waals surface area contributed by atoms with Gasteiger partial charge in [0.25, 0.3) is 0 Å². The number of hydrogen-bond donors (Lipinski definition) is 1. The number of carbonyl (C=O) groups is 1. The second-order valence-corrected chi connectivity index (χ2v) is 8.08. The quantitative estimate of drug-likeness (QED) is 0.599. The fourth-order valence-electron chi connectivity index (χ4n) is 3.32. The van der Waals surface area contributed by atoms with Crippen LogP contribution < -0.4 is 5.32 Å². The van der Waals surface area contributed by atoms with Crippen molar-refractivity contribution in [1.82, 2.24) is 15.2 Å². The van der Waals surface area contributed by atoms with E-state index < -0.39 is 11.6 Å². The van der Waals surface area contributed by atoms with E-state index >= 15 is 0 Å². The Kier molecular flexibility index (Phi) is 5.97. The lowest BCUT2D eigenvalue weighted by atomic mass is 10.1. The number of aromatic nitrogens is 1. The number of carbonyl (C=O) groups excluding carboxylic acids is 1. The normalized spacial score (nSPS) is 14.7. The second kappa shape index (κ2) is 8.80. The number of amides is 1. The monoisotopic (exact) mass is 413 g/mol. The predicted octanol–water partition coefficient (Wildman–Crippen LogP) is 4.29. The van der Waals surface area contributed by atoms with E-state index in [1.54, 1.807) is 6.20 Å². The summed E-state index contributed by atoms with van der Waals surface area (Å²) in [7, 11) is 0. The fraction of sp³-hybridized carbons (Fsp3) is 0.273. The number of halogens is 2. The van der Waals surface area contributed by atoms with Crippen molar-refractivity contribution in [3.05, 3.63) is 87.9 Å². The minimum Gasteiger partial charge on any atom is -0.342 e. The molecule has 0 aliphatic heterocycles. The molecule has 4 rings (SSSR count). The zero-order valence-corrected chi connectivity index (χ0v) is 16.5. The molecule has 150 valence electrons. The van der Waals surface area contributed by atoms with Crippen molar-refractivity contribution in [1.29, 1.82) is 0 Å². The summed E-state index contributed by atoms with van der Waals surface area (Å²) in [5.74, 6) is -1.33. The van der Waals surface area contributed by atoms with Gasteiger partial charge >= 0.3 is 0 Å². The van der Waals surface area contributed by atoms with E-state index in [4.69, 9.17) is 0 Å². The summed E-state index contributed by atoms with van der Waals surface area (Å²) in [5.41, 5.74) is 1.35. The van der Waals surface area contributed by atoms with Gasteiger partial charge in [-0.15, -0.1) is 11.3 Å². The molecule has 1 aliphatic rings. The molecule has 1 heterocycles. The van der Waals surface area contributed by atoms with Crippen LogP contribution in [-0.2, 0) is 11.3 Å². The third-order valence-corrected chi connectivity index (χ3v) is 5.78. The minimum atomic E-state index is -0.601. The maximum Gasteiger partial charge on any atom is 0.235 e. The Morgan fingerprint density at radius 2 is 2.00 bits per heavy atom. The van der Waals surface area contributed by atoms with Gasteiger partial charge < -0.3 is 5.32 Å². The molecular formula is C22H21F2N3OS. The summed E-state index contributed by atoms with van der Waals surface area (Å²) < 4.78 is 27.3. The van der Waals surface area contributed by atoms with Crippen LogP contribution in [0.2, 0.25) is 0 Å². The molecule has 1 unspecified atom stereocenters. The number of benzene rings is 2. The van der Waals surface area contributed by atoms with Crippen LogP contribution in [0.4, 0.5) is 8.78 Å². The largest absolute Gasteiger partial charge is 0.342 e. The average Bonchev–Trinajstić information content (AvgIpc) is 3.42. The Bertz CT molecular complexity index is 961. The summed E-state index contributed by atoms with van der Waals surface area (Å²) in [5, 5.41) is 5.76. The van der Waals surface area contributed by atoms with E-state index in [1.165, 1.54) is 23.5 Å². The fourth-order valence-corrected chi connectivity index (χ4v) is 4.04. The predicted molar refractivity (Wildman–Crippen MR) is 108 cm³/mol. The van der Waals surface area contributed by atoms with Crippen LogP contribution in [0.25, 0.3) is 0 Å². The highest BCUT2D eigenvalue weighted by Gasteiger charge is 2.31. The molecule has 0 saturated heterocycles. The molecule has 4 nitrogen and oxygen atoms in total. The molecular weight excluding hydrogens is 392 g/mol. The van der Waals surface area contributed by atoms with Gasteiger partial charge in [0.15, 0.2) is 0 Å². The van der Waals surface area contributed by atoms with Crippen molar-refractivity contribution in [2.75, 3.05) is 6.54 Å². The third kappa shape index (κ3) is 5.05. The van der Waals surface area contributed by atoms with Crippen LogP contribution in [-0.4, -0.2) is 28.4 Å². The molecule has 1 saturated carbocycles. The van der Waals surface area contributed by atoms with E-state index in [9.17, 15) is 13.6 Å². The lowest BCUT2D eigenvalue weighted by Crippen LogP contribution is -2.40. The highest BCUT2D eigenvalue weighted by molar-refractivity contribution is 7.09. The van der Waals surface area contributed by atoms with Gasteiger partial charge in [0.2, 0.25) is 5.91 Å². The molecule has 29 heavy (non-hydrogen) atoms. The van der Waals surface area contributed by atoms with Crippen molar-refractivity contribution in [2.45, 2.75) is 31.5 Å². The highest BCUT2D eigenvalue weighted by atomic mass is 32.1. The molecule has 1 fully saturated rings. The molecule has 7 heteroatoms. The first-order chi connectivity index (χ1) is 14.1. The van der Waals surface area contributed by atoms with Crippen LogP contribution in [0.5, 0.6) is 0 Å². The lowest BCUT2D eigenvalue weighted by molar-refractivity contribution is -0.123. The van der Waals surface area contributed by atoms with Crippen LogP contribution in [0.3, 0.4) is 0 Å². The Morgan fingerprint density at radius 1 is 1.21 bits per heavy atom. The summed E-state index contributed by atoms with van der Waals surface area (Å²) in [6.45, 7) is 0.424. The maximum absolute atomic E-state index is 14.1. The van der Waals surface area contributed by atoms with Gasteiger partial charge in [-0.05, 0) is 24.5 Å². The van der Waals surface area contributed by atoms with E-state index in [2.05, 4.69) is 10.3 Å². The molecule has 3 aromatic rings. The molecule has 0 spiro atoms. The summed E-state index contributed by atoms with van der Waals surface area (Å²) in [4.78, 5) is 19.2. The molecule has 1 N–H and O–H groups in total. The summed E-state index contributed by atoms with van der Waals surface area (Å²) >= 11 is 1.49. The Hall–Kier alpha value is -2.64. The Balaban J connectivity index is 1.47.